The summed E-state index contributed by atoms with van der Waals surface area (Å²) in [6.45, 7) is 6.06. The van der Waals surface area contributed by atoms with Crippen LogP contribution in [0.25, 0.3) is 6.08 Å². The predicted octanol–water partition coefficient (Wildman–Crippen LogP) is -0.0911. The monoisotopic (exact) mass is 291 g/mol. The van der Waals surface area contributed by atoms with Crippen LogP contribution in [-0.2, 0) is 9.53 Å². The maximum atomic E-state index is 11.8. The van der Waals surface area contributed by atoms with Crippen molar-refractivity contribution >= 4 is 17.9 Å². The SMILES string of the molecule is CC(CNC(=O)/C=C/c1cnc(N)nc1)N1CCOCC1. The van der Waals surface area contributed by atoms with Crippen LogP contribution in [0.5, 0.6) is 0 Å². The normalized spacial score (nSPS) is 17.8. The van der Waals surface area contributed by atoms with Gasteiger partial charge < -0.3 is 15.8 Å². The van der Waals surface area contributed by atoms with E-state index in [9.17, 15) is 4.79 Å². The first-order valence-electron chi connectivity index (χ1n) is 7.00. The van der Waals surface area contributed by atoms with E-state index in [4.69, 9.17) is 10.5 Å². The van der Waals surface area contributed by atoms with Crippen LogP contribution >= 0.6 is 0 Å². The molecule has 0 spiro atoms. The zero-order valence-corrected chi connectivity index (χ0v) is 12.2. The summed E-state index contributed by atoms with van der Waals surface area (Å²) in [5.74, 6) is 0.0860. The molecule has 1 aromatic heterocycles. The van der Waals surface area contributed by atoms with E-state index in [0.29, 0.717) is 12.6 Å². The molecule has 114 valence electrons. The summed E-state index contributed by atoms with van der Waals surface area (Å²) >= 11 is 0. The van der Waals surface area contributed by atoms with Crippen LogP contribution in [-0.4, -0.2) is 59.7 Å². The summed E-state index contributed by atoms with van der Waals surface area (Å²) in [4.78, 5) is 21.8. The highest BCUT2D eigenvalue weighted by Gasteiger charge is 2.16. The number of anilines is 1. The summed E-state index contributed by atoms with van der Waals surface area (Å²) in [5, 5.41) is 2.89. The second-order valence-electron chi connectivity index (χ2n) is 4.95. The Kier molecular flexibility index (Phi) is 5.65. The lowest BCUT2D eigenvalue weighted by Gasteiger charge is -2.32. The molecular weight excluding hydrogens is 270 g/mol. The molecule has 7 heteroatoms. The molecule has 2 rings (SSSR count). The zero-order chi connectivity index (χ0) is 15.1. The molecule has 0 aliphatic carbocycles. The first-order valence-corrected chi connectivity index (χ1v) is 7.00. The molecule has 0 radical (unpaired) electrons. The van der Waals surface area contributed by atoms with Crippen LogP contribution in [0.15, 0.2) is 18.5 Å². The molecule has 1 aromatic rings. The van der Waals surface area contributed by atoms with E-state index < -0.39 is 0 Å². The topological polar surface area (TPSA) is 93.4 Å². The van der Waals surface area contributed by atoms with E-state index >= 15 is 0 Å². The summed E-state index contributed by atoms with van der Waals surface area (Å²) in [7, 11) is 0. The Morgan fingerprint density at radius 3 is 2.81 bits per heavy atom. The largest absolute Gasteiger partial charge is 0.379 e. The molecule has 3 N–H and O–H groups in total. The molecule has 2 heterocycles. The first-order chi connectivity index (χ1) is 10.1. The van der Waals surface area contributed by atoms with Gasteiger partial charge in [-0.25, -0.2) is 9.97 Å². The van der Waals surface area contributed by atoms with Gasteiger partial charge in [-0.2, -0.15) is 0 Å². The van der Waals surface area contributed by atoms with E-state index in [-0.39, 0.29) is 11.9 Å². The van der Waals surface area contributed by atoms with Gasteiger partial charge in [0.1, 0.15) is 0 Å². The van der Waals surface area contributed by atoms with Crippen LogP contribution in [0.1, 0.15) is 12.5 Å². The molecule has 0 bridgehead atoms. The molecular formula is C14H21N5O2. The zero-order valence-electron chi connectivity index (χ0n) is 12.2. The number of amides is 1. The number of nitrogens with one attached hydrogen (secondary N) is 1. The lowest BCUT2D eigenvalue weighted by Crippen LogP contribution is -2.47. The van der Waals surface area contributed by atoms with Gasteiger partial charge in [0.2, 0.25) is 11.9 Å². The standard InChI is InChI=1S/C14H21N5O2/c1-11(19-4-6-21-7-5-19)8-16-13(20)3-2-12-9-17-14(15)18-10-12/h2-3,9-11H,4-8H2,1H3,(H,16,20)(H2,15,17,18)/b3-2+. The van der Waals surface area contributed by atoms with Crippen LogP contribution < -0.4 is 11.1 Å². The Balaban J connectivity index is 1.75. The number of aromatic nitrogens is 2. The number of hydrogen-bond acceptors (Lipinski definition) is 6. The van der Waals surface area contributed by atoms with Crippen molar-refractivity contribution in [3.63, 3.8) is 0 Å². The highest BCUT2D eigenvalue weighted by Crippen LogP contribution is 2.03. The van der Waals surface area contributed by atoms with Gasteiger partial charge in [0.25, 0.3) is 0 Å². The molecule has 1 saturated heterocycles. The van der Waals surface area contributed by atoms with Crippen LogP contribution in [0.2, 0.25) is 0 Å². The highest BCUT2D eigenvalue weighted by molar-refractivity contribution is 5.91. The Morgan fingerprint density at radius 1 is 1.48 bits per heavy atom. The maximum absolute atomic E-state index is 11.8. The predicted molar refractivity (Wildman–Crippen MR) is 80.3 cm³/mol. The van der Waals surface area contributed by atoms with Crippen molar-refractivity contribution < 1.29 is 9.53 Å². The smallest absolute Gasteiger partial charge is 0.244 e. The minimum absolute atomic E-state index is 0.132. The fourth-order valence-corrected chi connectivity index (χ4v) is 2.06. The third-order valence-electron chi connectivity index (χ3n) is 3.36. The molecule has 1 amide bonds. The van der Waals surface area contributed by atoms with Crippen LogP contribution in [0.4, 0.5) is 5.95 Å². The molecule has 1 fully saturated rings. The number of morpholine rings is 1. The fourth-order valence-electron chi connectivity index (χ4n) is 2.06. The lowest BCUT2D eigenvalue weighted by atomic mass is 10.2. The molecule has 1 atom stereocenters. The number of rotatable bonds is 5. The number of hydrogen-bond donors (Lipinski definition) is 2. The molecule has 0 saturated carbocycles. The van der Waals surface area contributed by atoms with Gasteiger partial charge in [0.05, 0.1) is 13.2 Å². The van der Waals surface area contributed by atoms with Crippen molar-refractivity contribution in [1.82, 2.24) is 20.2 Å². The van der Waals surface area contributed by atoms with Crippen molar-refractivity contribution in [2.24, 2.45) is 0 Å². The molecule has 7 nitrogen and oxygen atoms in total. The van der Waals surface area contributed by atoms with E-state index in [1.54, 1.807) is 18.5 Å². The lowest BCUT2D eigenvalue weighted by molar-refractivity contribution is -0.116. The molecule has 1 aliphatic rings. The van der Waals surface area contributed by atoms with E-state index in [1.165, 1.54) is 6.08 Å². The number of nitrogens with two attached hydrogens (primary N) is 1. The van der Waals surface area contributed by atoms with Crippen molar-refractivity contribution in [2.45, 2.75) is 13.0 Å². The van der Waals surface area contributed by atoms with Crippen LogP contribution in [0, 0.1) is 0 Å². The van der Waals surface area contributed by atoms with Crippen molar-refractivity contribution in [3.05, 3.63) is 24.0 Å². The highest BCUT2D eigenvalue weighted by atomic mass is 16.5. The number of carbonyl (C=O) groups excluding carboxylic acids is 1. The van der Waals surface area contributed by atoms with Gasteiger partial charge in [-0.1, -0.05) is 0 Å². The van der Waals surface area contributed by atoms with Gasteiger partial charge in [0, 0.05) is 49.7 Å². The third-order valence-corrected chi connectivity index (χ3v) is 3.36. The Bertz CT molecular complexity index is 483. The van der Waals surface area contributed by atoms with Crippen molar-refractivity contribution in [1.29, 1.82) is 0 Å². The van der Waals surface area contributed by atoms with E-state index in [1.807, 2.05) is 0 Å². The Labute approximate surface area is 124 Å². The molecule has 0 aromatic carbocycles. The Morgan fingerprint density at radius 2 is 2.14 bits per heavy atom. The summed E-state index contributed by atoms with van der Waals surface area (Å²) in [5.41, 5.74) is 6.13. The molecule has 1 unspecified atom stereocenters. The van der Waals surface area contributed by atoms with E-state index in [2.05, 4.69) is 27.1 Å². The van der Waals surface area contributed by atoms with Gasteiger partial charge in [-0.3, -0.25) is 9.69 Å². The first kappa shape index (κ1) is 15.4. The average molecular weight is 291 g/mol. The minimum Gasteiger partial charge on any atom is -0.379 e. The van der Waals surface area contributed by atoms with Gasteiger partial charge >= 0.3 is 0 Å². The number of nitrogen functional groups attached to an aromatic ring is 1. The number of nitrogens with zero attached hydrogens (tertiary/aromatic N) is 3. The summed E-state index contributed by atoms with van der Waals surface area (Å²) < 4.78 is 5.31. The molecule has 21 heavy (non-hydrogen) atoms. The number of carbonyl (C=O) groups is 1. The average Bonchev–Trinajstić information content (AvgIpc) is 2.53. The summed E-state index contributed by atoms with van der Waals surface area (Å²) in [6, 6.07) is 0.297. The quantitative estimate of drug-likeness (QED) is 0.736. The third kappa shape index (κ3) is 5.13. The van der Waals surface area contributed by atoms with Gasteiger partial charge in [-0.15, -0.1) is 0 Å². The van der Waals surface area contributed by atoms with Gasteiger partial charge in [0.15, 0.2) is 0 Å². The maximum Gasteiger partial charge on any atom is 0.244 e. The minimum atomic E-state index is -0.132. The second kappa shape index (κ2) is 7.70. The number of ether oxygens (including phenoxy) is 1. The fraction of sp³-hybridized carbons (Fsp3) is 0.500. The van der Waals surface area contributed by atoms with Crippen molar-refractivity contribution in [2.75, 3.05) is 38.6 Å². The van der Waals surface area contributed by atoms with Crippen molar-refractivity contribution in [3.8, 4) is 0 Å². The molecule has 1 aliphatic heterocycles. The Hall–Kier alpha value is -1.99. The van der Waals surface area contributed by atoms with Crippen LogP contribution in [0.3, 0.4) is 0 Å². The second-order valence-corrected chi connectivity index (χ2v) is 4.95. The van der Waals surface area contributed by atoms with E-state index in [0.717, 1.165) is 31.9 Å². The summed E-state index contributed by atoms with van der Waals surface area (Å²) in [6.07, 6.45) is 6.28. The van der Waals surface area contributed by atoms with Gasteiger partial charge in [-0.05, 0) is 13.0 Å².